The Morgan fingerprint density at radius 3 is 2.59 bits per heavy atom. The van der Waals surface area contributed by atoms with Crippen molar-refractivity contribution in [2.75, 3.05) is 38.7 Å². The number of nitrogens with zero attached hydrogens (tertiary/aromatic N) is 1. The number of nitrogens with one attached hydrogen (secondary N) is 1. The standard InChI is InChI=1S/C14H22N2O/c1-10-5-11(2)14(13(6-10)17-4)16(3)9-12-7-15-8-12/h5-6,12,15H,7-9H2,1-4H3. The topological polar surface area (TPSA) is 24.5 Å². The van der Waals surface area contributed by atoms with E-state index in [2.05, 4.69) is 43.2 Å². The zero-order valence-electron chi connectivity index (χ0n) is 11.2. The molecular weight excluding hydrogens is 212 g/mol. The van der Waals surface area contributed by atoms with Crippen LogP contribution in [0.25, 0.3) is 0 Å². The smallest absolute Gasteiger partial charge is 0.142 e. The monoisotopic (exact) mass is 234 g/mol. The molecule has 1 aromatic rings. The van der Waals surface area contributed by atoms with Crippen LogP contribution in [0.1, 0.15) is 11.1 Å². The SMILES string of the molecule is COc1cc(C)cc(C)c1N(C)CC1CNC1. The van der Waals surface area contributed by atoms with Crippen LogP contribution in [-0.4, -0.2) is 33.8 Å². The predicted octanol–water partition coefficient (Wildman–Crippen LogP) is 1.97. The van der Waals surface area contributed by atoms with Crippen molar-refractivity contribution < 1.29 is 4.74 Å². The number of hydrogen-bond donors (Lipinski definition) is 1. The molecule has 17 heavy (non-hydrogen) atoms. The molecular formula is C14H22N2O. The van der Waals surface area contributed by atoms with Crippen LogP contribution in [-0.2, 0) is 0 Å². The Bertz CT molecular complexity index is 399. The maximum absolute atomic E-state index is 5.50. The third kappa shape index (κ3) is 2.55. The van der Waals surface area contributed by atoms with Crippen molar-refractivity contribution >= 4 is 5.69 Å². The molecule has 0 aliphatic carbocycles. The highest BCUT2D eigenvalue weighted by atomic mass is 16.5. The van der Waals surface area contributed by atoms with Crippen LogP contribution in [0, 0.1) is 19.8 Å². The molecule has 0 spiro atoms. The summed E-state index contributed by atoms with van der Waals surface area (Å²) >= 11 is 0. The minimum absolute atomic E-state index is 0.769. The first kappa shape index (κ1) is 12.2. The Morgan fingerprint density at radius 2 is 2.06 bits per heavy atom. The van der Waals surface area contributed by atoms with Crippen molar-refractivity contribution in [3.8, 4) is 5.75 Å². The summed E-state index contributed by atoms with van der Waals surface area (Å²) in [4.78, 5) is 2.32. The van der Waals surface area contributed by atoms with Crippen molar-refractivity contribution in [2.45, 2.75) is 13.8 Å². The first-order valence-electron chi connectivity index (χ1n) is 6.19. The van der Waals surface area contributed by atoms with Crippen LogP contribution in [0.2, 0.25) is 0 Å². The molecule has 0 atom stereocenters. The van der Waals surface area contributed by atoms with Crippen LogP contribution in [0.5, 0.6) is 5.75 Å². The van der Waals surface area contributed by atoms with Gasteiger partial charge in [-0.05, 0) is 31.0 Å². The molecule has 0 amide bonds. The van der Waals surface area contributed by atoms with Gasteiger partial charge in [-0.15, -0.1) is 0 Å². The van der Waals surface area contributed by atoms with Gasteiger partial charge in [-0.25, -0.2) is 0 Å². The molecule has 0 radical (unpaired) electrons. The minimum atomic E-state index is 0.769. The molecule has 3 heteroatoms. The van der Waals surface area contributed by atoms with E-state index < -0.39 is 0 Å². The second-order valence-electron chi connectivity index (χ2n) is 5.04. The molecule has 2 rings (SSSR count). The van der Waals surface area contributed by atoms with E-state index in [1.807, 2.05) is 0 Å². The van der Waals surface area contributed by atoms with E-state index in [1.54, 1.807) is 7.11 Å². The quantitative estimate of drug-likeness (QED) is 0.862. The van der Waals surface area contributed by atoms with Crippen molar-refractivity contribution in [3.05, 3.63) is 23.3 Å². The molecule has 1 heterocycles. The van der Waals surface area contributed by atoms with Crippen molar-refractivity contribution in [3.63, 3.8) is 0 Å². The number of rotatable bonds is 4. The first-order valence-corrected chi connectivity index (χ1v) is 6.19. The second-order valence-corrected chi connectivity index (χ2v) is 5.04. The Hall–Kier alpha value is -1.22. The van der Waals surface area contributed by atoms with Gasteiger partial charge in [0, 0.05) is 32.6 Å². The van der Waals surface area contributed by atoms with E-state index in [0.29, 0.717) is 0 Å². The largest absolute Gasteiger partial charge is 0.495 e. The van der Waals surface area contributed by atoms with Crippen LogP contribution in [0.15, 0.2) is 12.1 Å². The van der Waals surface area contributed by atoms with Crippen molar-refractivity contribution in [1.82, 2.24) is 5.32 Å². The molecule has 3 nitrogen and oxygen atoms in total. The van der Waals surface area contributed by atoms with Gasteiger partial charge in [-0.2, -0.15) is 0 Å². The van der Waals surface area contributed by atoms with E-state index in [0.717, 1.165) is 31.3 Å². The van der Waals surface area contributed by atoms with E-state index >= 15 is 0 Å². The molecule has 1 aromatic carbocycles. The normalized spacial score (nSPS) is 15.5. The van der Waals surface area contributed by atoms with E-state index in [1.165, 1.54) is 16.8 Å². The third-order valence-electron chi connectivity index (χ3n) is 3.41. The molecule has 0 saturated carbocycles. The Kier molecular flexibility index (Phi) is 3.57. The summed E-state index contributed by atoms with van der Waals surface area (Å²) in [5, 5.41) is 3.31. The Balaban J connectivity index is 2.22. The number of hydrogen-bond acceptors (Lipinski definition) is 3. The molecule has 1 saturated heterocycles. The lowest BCUT2D eigenvalue weighted by Crippen LogP contribution is -2.47. The fraction of sp³-hybridized carbons (Fsp3) is 0.571. The van der Waals surface area contributed by atoms with Crippen LogP contribution in [0.3, 0.4) is 0 Å². The van der Waals surface area contributed by atoms with Crippen LogP contribution < -0.4 is 15.0 Å². The molecule has 94 valence electrons. The number of aryl methyl sites for hydroxylation is 2. The van der Waals surface area contributed by atoms with Gasteiger partial charge in [-0.3, -0.25) is 0 Å². The second kappa shape index (κ2) is 4.96. The lowest BCUT2D eigenvalue weighted by atomic mass is 10.0. The highest BCUT2D eigenvalue weighted by Crippen LogP contribution is 2.33. The van der Waals surface area contributed by atoms with Gasteiger partial charge in [0.1, 0.15) is 5.75 Å². The lowest BCUT2D eigenvalue weighted by molar-refractivity contribution is 0.351. The molecule has 1 fully saturated rings. The van der Waals surface area contributed by atoms with Crippen molar-refractivity contribution in [2.24, 2.45) is 5.92 Å². The van der Waals surface area contributed by atoms with Crippen LogP contribution in [0.4, 0.5) is 5.69 Å². The van der Waals surface area contributed by atoms with Crippen molar-refractivity contribution in [1.29, 1.82) is 0 Å². The van der Waals surface area contributed by atoms with Gasteiger partial charge >= 0.3 is 0 Å². The molecule has 0 unspecified atom stereocenters. The molecule has 1 N–H and O–H groups in total. The van der Waals surface area contributed by atoms with Crippen LogP contribution >= 0.6 is 0 Å². The van der Waals surface area contributed by atoms with Gasteiger partial charge in [0.25, 0.3) is 0 Å². The predicted molar refractivity (Wildman–Crippen MR) is 72.1 cm³/mol. The maximum atomic E-state index is 5.50. The van der Waals surface area contributed by atoms with Gasteiger partial charge in [-0.1, -0.05) is 6.07 Å². The highest BCUT2D eigenvalue weighted by Gasteiger charge is 2.21. The Morgan fingerprint density at radius 1 is 1.35 bits per heavy atom. The van der Waals surface area contributed by atoms with E-state index in [-0.39, 0.29) is 0 Å². The summed E-state index contributed by atoms with van der Waals surface area (Å²) in [6.45, 7) is 7.62. The van der Waals surface area contributed by atoms with Gasteiger partial charge < -0.3 is 15.0 Å². The minimum Gasteiger partial charge on any atom is -0.495 e. The zero-order valence-corrected chi connectivity index (χ0v) is 11.2. The number of anilines is 1. The summed E-state index contributed by atoms with van der Waals surface area (Å²) in [5.41, 5.74) is 3.77. The van der Waals surface area contributed by atoms with E-state index in [9.17, 15) is 0 Å². The summed E-state index contributed by atoms with van der Waals surface area (Å²) in [7, 11) is 3.90. The number of methoxy groups -OCH3 is 1. The van der Waals surface area contributed by atoms with Gasteiger partial charge in [0.15, 0.2) is 0 Å². The highest BCUT2D eigenvalue weighted by molar-refractivity contribution is 5.64. The molecule has 1 aliphatic heterocycles. The third-order valence-corrected chi connectivity index (χ3v) is 3.41. The summed E-state index contributed by atoms with van der Waals surface area (Å²) < 4.78 is 5.50. The van der Waals surface area contributed by atoms with Gasteiger partial charge in [0.05, 0.1) is 12.8 Å². The zero-order chi connectivity index (χ0) is 12.4. The lowest BCUT2D eigenvalue weighted by Gasteiger charge is -2.33. The molecule has 1 aliphatic rings. The first-order chi connectivity index (χ1) is 8.11. The molecule has 0 bridgehead atoms. The fourth-order valence-corrected chi connectivity index (χ4v) is 2.52. The number of benzene rings is 1. The average Bonchev–Trinajstić information content (AvgIpc) is 2.21. The van der Waals surface area contributed by atoms with E-state index in [4.69, 9.17) is 4.74 Å². The summed E-state index contributed by atoms with van der Waals surface area (Å²) in [5.74, 6) is 1.75. The average molecular weight is 234 g/mol. The summed E-state index contributed by atoms with van der Waals surface area (Å²) in [6, 6.07) is 4.32. The number of ether oxygens (including phenoxy) is 1. The maximum Gasteiger partial charge on any atom is 0.142 e. The fourth-order valence-electron chi connectivity index (χ4n) is 2.52. The summed E-state index contributed by atoms with van der Waals surface area (Å²) in [6.07, 6.45) is 0. The Labute approximate surface area is 104 Å². The molecule has 0 aromatic heterocycles. The van der Waals surface area contributed by atoms with Gasteiger partial charge in [0.2, 0.25) is 0 Å².